The van der Waals surface area contributed by atoms with Crippen LogP contribution < -0.4 is 10.6 Å². The maximum Gasteiger partial charge on any atom is 0.441 e. The molecule has 3 N–H and O–H groups in total. The minimum atomic E-state index is -4.32. The topological polar surface area (TPSA) is 78.4 Å². The lowest BCUT2D eigenvalue weighted by Gasteiger charge is -2.17. The number of carbonyl (C=O) groups excluding carboxylic acids is 1. The molecule has 0 heterocycles. The first-order chi connectivity index (χ1) is 8.63. The van der Waals surface area contributed by atoms with Crippen LogP contribution in [0.4, 0.5) is 18.0 Å². The van der Waals surface area contributed by atoms with Crippen molar-refractivity contribution >= 4 is 23.8 Å². The van der Waals surface area contributed by atoms with Gasteiger partial charge in [-0.25, -0.2) is 4.79 Å². The molecule has 9 heteroatoms. The van der Waals surface area contributed by atoms with E-state index in [1.54, 1.807) is 13.8 Å². The van der Waals surface area contributed by atoms with E-state index < -0.39 is 23.4 Å². The summed E-state index contributed by atoms with van der Waals surface area (Å²) in [7, 11) is 0. The summed E-state index contributed by atoms with van der Waals surface area (Å²) in [5.74, 6) is -2.19. The predicted molar refractivity (Wildman–Crippen MR) is 65.9 cm³/mol. The van der Waals surface area contributed by atoms with Gasteiger partial charge in [-0.05, 0) is 17.7 Å². The highest BCUT2D eigenvalue weighted by atomic mass is 32.2. The number of hydrogen-bond donors (Lipinski definition) is 3. The lowest BCUT2D eigenvalue weighted by atomic mass is 9.96. The van der Waals surface area contributed by atoms with Crippen molar-refractivity contribution in [3.8, 4) is 0 Å². The van der Waals surface area contributed by atoms with Crippen molar-refractivity contribution in [2.75, 3.05) is 18.8 Å². The number of hydrogen-bond acceptors (Lipinski definition) is 3. The summed E-state index contributed by atoms with van der Waals surface area (Å²) >= 11 is -0.227. The van der Waals surface area contributed by atoms with Crippen LogP contribution in [-0.4, -0.2) is 41.5 Å². The molecule has 0 aliphatic rings. The van der Waals surface area contributed by atoms with Crippen molar-refractivity contribution in [3.05, 3.63) is 0 Å². The van der Waals surface area contributed by atoms with Crippen molar-refractivity contribution in [2.24, 2.45) is 11.8 Å². The van der Waals surface area contributed by atoms with E-state index in [0.717, 1.165) is 0 Å². The minimum absolute atomic E-state index is 0.0642. The fourth-order valence-electron chi connectivity index (χ4n) is 1.20. The minimum Gasteiger partial charge on any atom is -0.481 e. The third-order valence-corrected chi connectivity index (χ3v) is 2.99. The van der Waals surface area contributed by atoms with E-state index >= 15 is 0 Å². The average molecular weight is 302 g/mol. The third-order valence-electron chi connectivity index (χ3n) is 2.26. The Morgan fingerprint density at radius 2 is 1.84 bits per heavy atom. The van der Waals surface area contributed by atoms with Gasteiger partial charge >= 0.3 is 17.5 Å². The van der Waals surface area contributed by atoms with Crippen molar-refractivity contribution in [1.82, 2.24) is 10.6 Å². The van der Waals surface area contributed by atoms with Crippen LogP contribution in [0.2, 0.25) is 0 Å². The highest BCUT2D eigenvalue weighted by molar-refractivity contribution is 8.00. The Balaban J connectivity index is 3.84. The van der Waals surface area contributed by atoms with Gasteiger partial charge in [-0.3, -0.25) is 4.79 Å². The van der Waals surface area contributed by atoms with E-state index in [0.29, 0.717) is 0 Å². The maximum absolute atomic E-state index is 11.8. The Hall–Kier alpha value is -1.12. The molecule has 0 aromatic heterocycles. The molecule has 0 fully saturated rings. The molecule has 0 aromatic carbocycles. The fourth-order valence-corrected chi connectivity index (χ4v) is 1.64. The Bertz CT molecular complexity index is 311. The first-order valence-electron chi connectivity index (χ1n) is 5.58. The van der Waals surface area contributed by atoms with Gasteiger partial charge in [0.15, 0.2) is 0 Å². The summed E-state index contributed by atoms with van der Waals surface area (Å²) in [6.07, 6.45) is 0. The summed E-state index contributed by atoms with van der Waals surface area (Å²) in [6.45, 7) is 3.21. The van der Waals surface area contributed by atoms with Gasteiger partial charge in [-0.15, -0.1) is 0 Å². The second-order valence-electron chi connectivity index (χ2n) is 4.12. The average Bonchev–Trinajstić information content (AvgIpc) is 2.22. The molecule has 2 amide bonds. The van der Waals surface area contributed by atoms with Crippen molar-refractivity contribution < 1.29 is 27.9 Å². The number of urea groups is 1. The van der Waals surface area contributed by atoms with Crippen LogP contribution in [0.1, 0.15) is 13.8 Å². The van der Waals surface area contributed by atoms with Gasteiger partial charge in [0.2, 0.25) is 0 Å². The molecule has 0 saturated heterocycles. The van der Waals surface area contributed by atoms with Crippen LogP contribution in [0.25, 0.3) is 0 Å². The number of alkyl halides is 3. The molecule has 0 radical (unpaired) electrons. The van der Waals surface area contributed by atoms with Crippen LogP contribution in [0, 0.1) is 11.8 Å². The molecular weight excluding hydrogens is 285 g/mol. The summed E-state index contributed by atoms with van der Waals surface area (Å²) in [5, 5.41) is 13.4. The van der Waals surface area contributed by atoms with Gasteiger partial charge in [0, 0.05) is 18.8 Å². The number of rotatable bonds is 7. The summed E-state index contributed by atoms with van der Waals surface area (Å²) in [6, 6.07) is -0.672. The molecule has 0 aromatic rings. The zero-order chi connectivity index (χ0) is 15.1. The predicted octanol–water partition coefficient (Wildman–Crippen LogP) is 1.90. The Kier molecular flexibility index (Phi) is 7.65. The van der Waals surface area contributed by atoms with Crippen LogP contribution in [-0.2, 0) is 4.79 Å². The first kappa shape index (κ1) is 17.9. The van der Waals surface area contributed by atoms with Crippen molar-refractivity contribution in [3.63, 3.8) is 0 Å². The largest absolute Gasteiger partial charge is 0.481 e. The molecule has 5 nitrogen and oxygen atoms in total. The van der Waals surface area contributed by atoms with Gasteiger partial charge in [0.1, 0.15) is 0 Å². The standard InChI is InChI=1S/C10H17F3N2O3S/c1-6(2)7(8(16)17)5-15-9(18)14-3-4-19-10(11,12)13/h6-7H,3-5H2,1-2H3,(H,16,17)(H2,14,15,18). The number of carbonyl (C=O) groups is 2. The molecule has 1 unspecified atom stereocenters. The van der Waals surface area contributed by atoms with Crippen LogP contribution in [0.15, 0.2) is 0 Å². The summed E-state index contributed by atoms with van der Waals surface area (Å²) in [4.78, 5) is 22.0. The number of amides is 2. The molecule has 0 rings (SSSR count). The molecule has 112 valence electrons. The second-order valence-corrected chi connectivity index (χ2v) is 5.28. The van der Waals surface area contributed by atoms with E-state index in [-0.39, 0.29) is 36.5 Å². The Morgan fingerprint density at radius 1 is 1.26 bits per heavy atom. The number of nitrogens with one attached hydrogen (secondary N) is 2. The summed E-state index contributed by atoms with van der Waals surface area (Å²) in [5.41, 5.74) is -4.32. The lowest BCUT2D eigenvalue weighted by Crippen LogP contribution is -2.42. The Labute approximate surface area is 113 Å². The summed E-state index contributed by atoms with van der Waals surface area (Å²) < 4.78 is 35.3. The molecular formula is C10H17F3N2O3S. The SMILES string of the molecule is CC(C)C(CNC(=O)NCCSC(F)(F)F)C(=O)O. The van der Waals surface area contributed by atoms with E-state index in [2.05, 4.69) is 10.6 Å². The van der Waals surface area contributed by atoms with Gasteiger partial charge in [-0.2, -0.15) is 13.2 Å². The van der Waals surface area contributed by atoms with Gasteiger partial charge in [0.05, 0.1) is 5.92 Å². The number of aliphatic carboxylic acids is 1. The van der Waals surface area contributed by atoms with E-state index in [9.17, 15) is 22.8 Å². The van der Waals surface area contributed by atoms with Crippen molar-refractivity contribution in [1.29, 1.82) is 0 Å². The number of carboxylic acids is 1. The number of halogens is 3. The molecule has 0 spiro atoms. The molecule has 1 atom stereocenters. The zero-order valence-electron chi connectivity index (χ0n) is 10.6. The quantitative estimate of drug-likeness (QED) is 0.628. The smallest absolute Gasteiger partial charge is 0.441 e. The van der Waals surface area contributed by atoms with Gasteiger partial charge in [-0.1, -0.05) is 13.8 Å². The maximum atomic E-state index is 11.8. The number of carboxylic acid groups (broad SMARTS) is 1. The van der Waals surface area contributed by atoms with Crippen LogP contribution in [0.5, 0.6) is 0 Å². The first-order valence-corrected chi connectivity index (χ1v) is 6.57. The molecule has 0 aliphatic heterocycles. The Morgan fingerprint density at radius 3 is 2.26 bits per heavy atom. The van der Waals surface area contributed by atoms with Gasteiger partial charge < -0.3 is 15.7 Å². The van der Waals surface area contributed by atoms with E-state index in [1.165, 1.54) is 0 Å². The lowest BCUT2D eigenvalue weighted by molar-refractivity contribution is -0.142. The molecule has 0 saturated carbocycles. The van der Waals surface area contributed by atoms with E-state index in [1.807, 2.05) is 0 Å². The molecule has 0 aliphatic carbocycles. The normalized spacial score (nSPS) is 13.2. The second kappa shape index (κ2) is 8.13. The van der Waals surface area contributed by atoms with E-state index in [4.69, 9.17) is 5.11 Å². The van der Waals surface area contributed by atoms with Gasteiger partial charge in [0.25, 0.3) is 0 Å². The fraction of sp³-hybridized carbons (Fsp3) is 0.800. The zero-order valence-corrected chi connectivity index (χ0v) is 11.4. The van der Waals surface area contributed by atoms with Crippen LogP contribution in [0.3, 0.4) is 0 Å². The highest BCUT2D eigenvalue weighted by Crippen LogP contribution is 2.29. The molecule has 19 heavy (non-hydrogen) atoms. The van der Waals surface area contributed by atoms with Crippen molar-refractivity contribution in [2.45, 2.75) is 19.4 Å². The highest BCUT2D eigenvalue weighted by Gasteiger charge is 2.27. The number of thioether (sulfide) groups is 1. The third kappa shape index (κ3) is 9.46. The van der Waals surface area contributed by atoms with Crippen LogP contribution >= 0.6 is 11.8 Å². The monoisotopic (exact) mass is 302 g/mol. The molecule has 0 bridgehead atoms.